The first-order chi connectivity index (χ1) is 10.7. The van der Waals surface area contributed by atoms with E-state index in [1.54, 1.807) is 17.0 Å². The predicted octanol–water partition coefficient (Wildman–Crippen LogP) is 3.20. The fourth-order valence-corrected chi connectivity index (χ4v) is 2.40. The Labute approximate surface area is 134 Å². The molecule has 0 aromatic heterocycles. The number of nitro groups is 1. The van der Waals surface area contributed by atoms with Crippen LogP contribution in [-0.2, 0) is 4.74 Å². The molecule has 0 radical (unpaired) electrons. The molecule has 23 heavy (non-hydrogen) atoms. The van der Waals surface area contributed by atoms with Crippen LogP contribution in [0.5, 0.6) is 0 Å². The predicted molar refractivity (Wildman–Crippen MR) is 87.9 cm³/mol. The van der Waals surface area contributed by atoms with Crippen LogP contribution in [0, 0.1) is 10.1 Å². The molecule has 1 heterocycles. The Morgan fingerprint density at radius 3 is 2.61 bits per heavy atom. The van der Waals surface area contributed by atoms with Gasteiger partial charge in [-0.05, 0) is 32.8 Å². The van der Waals surface area contributed by atoms with Gasteiger partial charge in [0.1, 0.15) is 11.3 Å². The van der Waals surface area contributed by atoms with Gasteiger partial charge in [-0.1, -0.05) is 18.2 Å². The van der Waals surface area contributed by atoms with Crippen LogP contribution in [0.1, 0.15) is 32.8 Å². The van der Waals surface area contributed by atoms with E-state index in [1.165, 1.54) is 6.07 Å². The molecule has 1 aliphatic rings. The van der Waals surface area contributed by atoms with Crippen molar-refractivity contribution in [3.63, 3.8) is 0 Å². The molecule has 124 valence electrons. The number of ether oxygens (including phenoxy) is 1. The zero-order chi connectivity index (χ0) is 17.2. The van der Waals surface area contributed by atoms with Gasteiger partial charge < -0.3 is 15.4 Å². The lowest BCUT2D eigenvalue weighted by atomic mass is 9.97. The standard InChI is InChI=1S/C16H21N3O4/c1-16(2,3)23-15(20)18-9-7-11(8-10-18)12-5-4-6-13(14(12)17)19(21)22/h4-7H,8-10,17H2,1-3H3. The van der Waals surface area contributed by atoms with Crippen molar-refractivity contribution in [2.75, 3.05) is 18.8 Å². The van der Waals surface area contributed by atoms with Crippen LogP contribution in [-0.4, -0.2) is 34.6 Å². The number of nitrogen functional groups attached to an aromatic ring is 1. The van der Waals surface area contributed by atoms with Gasteiger partial charge in [-0.3, -0.25) is 10.1 Å². The van der Waals surface area contributed by atoms with Crippen molar-refractivity contribution in [2.45, 2.75) is 32.8 Å². The van der Waals surface area contributed by atoms with Gasteiger partial charge in [0.25, 0.3) is 5.69 Å². The first-order valence-electron chi connectivity index (χ1n) is 7.39. The van der Waals surface area contributed by atoms with Crippen molar-refractivity contribution in [1.29, 1.82) is 0 Å². The fourth-order valence-electron chi connectivity index (χ4n) is 2.40. The van der Waals surface area contributed by atoms with Crippen molar-refractivity contribution in [1.82, 2.24) is 4.90 Å². The molecule has 1 aromatic carbocycles. The monoisotopic (exact) mass is 319 g/mol. The molecule has 0 atom stereocenters. The van der Waals surface area contributed by atoms with Gasteiger partial charge in [0.2, 0.25) is 0 Å². The number of anilines is 1. The second-order valence-corrected chi connectivity index (χ2v) is 6.40. The van der Waals surface area contributed by atoms with E-state index in [4.69, 9.17) is 10.5 Å². The highest BCUT2D eigenvalue weighted by Gasteiger charge is 2.25. The molecule has 0 saturated heterocycles. The third-order valence-corrected chi connectivity index (χ3v) is 3.49. The number of nitro benzene ring substituents is 1. The molecule has 0 spiro atoms. The van der Waals surface area contributed by atoms with Crippen LogP contribution < -0.4 is 5.73 Å². The van der Waals surface area contributed by atoms with E-state index in [0.717, 1.165) is 5.57 Å². The summed E-state index contributed by atoms with van der Waals surface area (Å²) in [5.74, 6) is 0. The molecule has 1 amide bonds. The zero-order valence-corrected chi connectivity index (χ0v) is 13.5. The van der Waals surface area contributed by atoms with E-state index in [-0.39, 0.29) is 17.5 Å². The Balaban J connectivity index is 2.15. The number of nitrogens with two attached hydrogens (primary N) is 1. The summed E-state index contributed by atoms with van der Waals surface area (Å²) in [7, 11) is 0. The molecule has 0 unspecified atom stereocenters. The van der Waals surface area contributed by atoms with Crippen molar-refractivity contribution >= 4 is 23.0 Å². The minimum Gasteiger partial charge on any atom is -0.444 e. The highest BCUT2D eigenvalue weighted by molar-refractivity contribution is 5.81. The maximum Gasteiger partial charge on any atom is 0.410 e. The number of benzene rings is 1. The summed E-state index contributed by atoms with van der Waals surface area (Å²) in [4.78, 5) is 24.1. The fraction of sp³-hybridized carbons (Fsp3) is 0.438. The molecule has 7 heteroatoms. The summed E-state index contributed by atoms with van der Waals surface area (Å²) < 4.78 is 5.34. The molecule has 0 bridgehead atoms. The second kappa shape index (κ2) is 6.28. The van der Waals surface area contributed by atoms with Crippen LogP contribution in [0.4, 0.5) is 16.2 Å². The molecule has 0 saturated carbocycles. The highest BCUT2D eigenvalue weighted by Crippen LogP contribution is 2.33. The lowest BCUT2D eigenvalue weighted by Gasteiger charge is -2.29. The molecule has 0 fully saturated rings. The maximum atomic E-state index is 12.0. The lowest BCUT2D eigenvalue weighted by Crippen LogP contribution is -2.39. The largest absolute Gasteiger partial charge is 0.444 e. The van der Waals surface area contributed by atoms with Crippen LogP contribution >= 0.6 is 0 Å². The van der Waals surface area contributed by atoms with Gasteiger partial charge in [-0.25, -0.2) is 4.79 Å². The molecular weight excluding hydrogens is 298 g/mol. The Bertz CT molecular complexity index is 662. The van der Waals surface area contributed by atoms with Crippen LogP contribution in [0.3, 0.4) is 0 Å². The number of nitrogens with zero attached hydrogens (tertiary/aromatic N) is 2. The SMILES string of the molecule is CC(C)(C)OC(=O)N1CC=C(c2cccc([N+](=O)[O-])c2N)CC1. The van der Waals surface area contributed by atoms with E-state index in [2.05, 4.69) is 0 Å². The summed E-state index contributed by atoms with van der Waals surface area (Å²) in [5.41, 5.74) is 7.00. The molecule has 0 aliphatic carbocycles. The van der Waals surface area contributed by atoms with Crippen LogP contribution in [0.2, 0.25) is 0 Å². The third-order valence-electron chi connectivity index (χ3n) is 3.49. The number of carbonyl (C=O) groups is 1. The van der Waals surface area contributed by atoms with Crippen LogP contribution in [0.25, 0.3) is 5.57 Å². The Hall–Kier alpha value is -2.57. The Morgan fingerprint density at radius 1 is 1.39 bits per heavy atom. The second-order valence-electron chi connectivity index (χ2n) is 6.40. The summed E-state index contributed by atoms with van der Waals surface area (Å²) in [6.07, 6.45) is 2.08. The molecule has 1 aromatic rings. The molecular formula is C16H21N3O4. The number of hydrogen-bond donors (Lipinski definition) is 1. The zero-order valence-electron chi connectivity index (χ0n) is 13.5. The topological polar surface area (TPSA) is 98.7 Å². The van der Waals surface area contributed by atoms with Crippen LogP contribution in [0.15, 0.2) is 24.3 Å². The van der Waals surface area contributed by atoms with E-state index < -0.39 is 10.5 Å². The number of para-hydroxylation sites is 1. The minimum absolute atomic E-state index is 0.0991. The molecule has 2 rings (SSSR count). The van der Waals surface area contributed by atoms with Gasteiger partial charge in [0, 0.05) is 24.7 Å². The first-order valence-corrected chi connectivity index (χ1v) is 7.39. The van der Waals surface area contributed by atoms with Gasteiger partial charge in [-0.2, -0.15) is 0 Å². The first kappa shape index (κ1) is 16.8. The van der Waals surface area contributed by atoms with E-state index in [9.17, 15) is 14.9 Å². The number of amides is 1. The van der Waals surface area contributed by atoms with Gasteiger partial charge in [-0.15, -0.1) is 0 Å². The van der Waals surface area contributed by atoms with Crippen molar-refractivity contribution in [3.05, 3.63) is 40.0 Å². The maximum absolute atomic E-state index is 12.0. The summed E-state index contributed by atoms with van der Waals surface area (Å²) in [5, 5.41) is 11.0. The smallest absolute Gasteiger partial charge is 0.410 e. The number of carbonyl (C=O) groups excluding carboxylic acids is 1. The summed E-state index contributed by atoms with van der Waals surface area (Å²) in [6, 6.07) is 4.76. The average molecular weight is 319 g/mol. The normalized spacial score (nSPS) is 15.1. The number of hydrogen-bond acceptors (Lipinski definition) is 5. The van der Waals surface area contributed by atoms with Gasteiger partial charge in [0.05, 0.1) is 4.92 Å². The van der Waals surface area contributed by atoms with E-state index >= 15 is 0 Å². The molecule has 7 nitrogen and oxygen atoms in total. The van der Waals surface area contributed by atoms with E-state index in [1.807, 2.05) is 26.8 Å². The Morgan fingerprint density at radius 2 is 2.09 bits per heavy atom. The lowest BCUT2D eigenvalue weighted by molar-refractivity contribution is -0.383. The minimum atomic E-state index is -0.536. The quantitative estimate of drug-likeness (QED) is 0.512. The van der Waals surface area contributed by atoms with E-state index in [0.29, 0.717) is 25.1 Å². The number of rotatable bonds is 2. The average Bonchev–Trinajstić information content (AvgIpc) is 2.45. The molecule has 1 aliphatic heterocycles. The van der Waals surface area contributed by atoms with Gasteiger partial charge >= 0.3 is 6.09 Å². The Kier molecular flexibility index (Phi) is 4.58. The molecule has 2 N–H and O–H groups in total. The highest BCUT2D eigenvalue weighted by atomic mass is 16.6. The summed E-state index contributed by atoms with van der Waals surface area (Å²) in [6.45, 7) is 6.34. The van der Waals surface area contributed by atoms with Gasteiger partial charge in [0.15, 0.2) is 0 Å². The summed E-state index contributed by atoms with van der Waals surface area (Å²) >= 11 is 0. The van der Waals surface area contributed by atoms with Crippen molar-refractivity contribution in [3.8, 4) is 0 Å². The van der Waals surface area contributed by atoms with Crippen molar-refractivity contribution in [2.24, 2.45) is 0 Å². The third kappa shape index (κ3) is 4.00. The van der Waals surface area contributed by atoms with Crippen molar-refractivity contribution < 1.29 is 14.5 Å².